The molecule has 0 saturated carbocycles. The van der Waals surface area contributed by atoms with Crippen LogP contribution < -0.4 is 5.32 Å². The third kappa shape index (κ3) is 3.72. The molecule has 0 saturated heterocycles. The van der Waals surface area contributed by atoms with Gasteiger partial charge in [-0.3, -0.25) is 0 Å². The number of hydrogen-bond acceptors (Lipinski definition) is 4. The van der Waals surface area contributed by atoms with Crippen molar-refractivity contribution in [2.24, 2.45) is 7.05 Å². The van der Waals surface area contributed by atoms with Gasteiger partial charge in [-0.1, -0.05) is 16.8 Å². The second-order valence-electron chi connectivity index (χ2n) is 4.00. The molecule has 1 N–H and O–H groups in total. The normalized spacial score (nSPS) is 12.6. The molecule has 1 aromatic carbocycles. The third-order valence-electron chi connectivity index (χ3n) is 2.74. The van der Waals surface area contributed by atoms with Crippen molar-refractivity contribution in [3.05, 3.63) is 39.6 Å². The summed E-state index contributed by atoms with van der Waals surface area (Å²) in [6.07, 6.45) is 0. The Hall–Kier alpha value is -0.560. The van der Waals surface area contributed by atoms with Gasteiger partial charge in [0, 0.05) is 22.7 Å². The SMILES string of the molecule is CNC(CSc1ccc(Cl)cc1)c1c(Br)nnn1C. The molecule has 0 radical (unpaired) electrons. The first-order valence-electron chi connectivity index (χ1n) is 5.72. The Bertz CT molecular complexity index is 524. The molecule has 2 aromatic rings. The smallest absolute Gasteiger partial charge is 0.153 e. The number of nitrogens with one attached hydrogen (secondary N) is 1. The highest BCUT2D eigenvalue weighted by atomic mass is 79.9. The Morgan fingerprint density at radius 2 is 2.11 bits per heavy atom. The number of rotatable bonds is 5. The predicted molar refractivity (Wildman–Crippen MR) is 82.7 cm³/mol. The monoisotopic (exact) mass is 360 g/mol. The Morgan fingerprint density at radius 1 is 1.42 bits per heavy atom. The Kier molecular flexibility index (Phi) is 5.27. The van der Waals surface area contributed by atoms with Gasteiger partial charge in [0.25, 0.3) is 0 Å². The van der Waals surface area contributed by atoms with E-state index in [0.717, 1.165) is 21.1 Å². The van der Waals surface area contributed by atoms with Crippen LogP contribution in [-0.2, 0) is 7.05 Å². The maximum Gasteiger partial charge on any atom is 0.153 e. The summed E-state index contributed by atoms with van der Waals surface area (Å²) >= 11 is 11.1. The summed E-state index contributed by atoms with van der Waals surface area (Å²) in [5, 5.41) is 12.1. The molecule has 4 nitrogen and oxygen atoms in total. The van der Waals surface area contributed by atoms with Crippen LogP contribution in [0, 0.1) is 0 Å². The van der Waals surface area contributed by atoms with Crippen LogP contribution in [-0.4, -0.2) is 27.8 Å². The minimum absolute atomic E-state index is 0.176. The fraction of sp³-hybridized carbons (Fsp3) is 0.333. The topological polar surface area (TPSA) is 42.7 Å². The van der Waals surface area contributed by atoms with Crippen molar-refractivity contribution in [2.75, 3.05) is 12.8 Å². The molecule has 1 atom stereocenters. The van der Waals surface area contributed by atoms with Gasteiger partial charge in [-0.25, -0.2) is 4.68 Å². The molecule has 7 heteroatoms. The second-order valence-corrected chi connectivity index (χ2v) is 6.28. The fourth-order valence-corrected chi connectivity index (χ4v) is 3.46. The number of benzene rings is 1. The van der Waals surface area contributed by atoms with Crippen LogP contribution in [0.3, 0.4) is 0 Å². The van der Waals surface area contributed by atoms with Crippen molar-refractivity contribution in [3.8, 4) is 0 Å². The van der Waals surface area contributed by atoms with Crippen molar-refractivity contribution >= 4 is 39.3 Å². The van der Waals surface area contributed by atoms with E-state index in [4.69, 9.17) is 11.6 Å². The van der Waals surface area contributed by atoms with Crippen molar-refractivity contribution in [1.29, 1.82) is 0 Å². The molecule has 2 rings (SSSR count). The first-order valence-corrected chi connectivity index (χ1v) is 7.88. The minimum atomic E-state index is 0.176. The average molecular weight is 362 g/mol. The van der Waals surface area contributed by atoms with Crippen LogP contribution in [0.4, 0.5) is 0 Å². The molecule has 1 aromatic heterocycles. The molecule has 0 amide bonds. The highest BCUT2D eigenvalue weighted by molar-refractivity contribution is 9.10. The van der Waals surface area contributed by atoms with Gasteiger partial charge < -0.3 is 5.32 Å². The molecular formula is C12H14BrClN4S. The summed E-state index contributed by atoms with van der Waals surface area (Å²) in [6.45, 7) is 0. The van der Waals surface area contributed by atoms with Crippen LogP contribution in [0.1, 0.15) is 11.7 Å². The van der Waals surface area contributed by atoms with Gasteiger partial charge in [-0.15, -0.1) is 16.9 Å². The molecule has 1 unspecified atom stereocenters. The highest BCUT2D eigenvalue weighted by Crippen LogP contribution is 2.28. The van der Waals surface area contributed by atoms with E-state index in [1.54, 1.807) is 16.4 Å². The van der Waals surface area contributed by atoms with Crippen molar-refractivity contribution < 1.29 is 0 Å². The van der Waals surface area contributed by atoms with Crippen LogP contribution in [0.2, 0.25) is 5.02 Å². The van der Waals surface area contributed by atoms with Gasteiger partial charge in [0.1, 0.15) is 0 Å². The number of nitrogens with zero attached hydrogens (tertiary/aromatic N) is 3. The zero-order valence-corrected chi connectivity index (χ0v) is 13.8. The second kappa shape index (κ2) is 6.74. The quantitative estimate of drug-likeness (QED) is 0.830. The lowest BCUT2D eigenvalue weighted by atomic mass is 10.2. The number of thioether (sulfide) groups is 1. The summed E-state index contributed by atoms with van der Waals surface area (Å²) < 4.78 is 2.57. The lowest BCUT2D eigenvalue weighted by molar-refractivity contribution is 0.578. The van der Waals surface area contributed by atoms with Gasteiger partial charge in [0.2, 0.25) is 0 Å². The first kappa shape index (κ1) is 14.8. The lowest BCUT2D eigenvalue weighted by Gasteiger charge is -2.16. The minimum Gasteiger partial charge on any atom is -0.311 e. The summed E-state index contributed by atoms with van der Waals surface area (Å²) in [4.78, 5) is 1.19. The summed E-state index contributed by atoms with van der Waals surface area (Å²) in [6, 6.07) is 8.03. The van der Waals surface area contributed by atoms with Crippen molar-refractivity contribution in [1.82, 2.24) is 20.3 Å². The van der Waals surface area contributed by atoms with Gasteiger partial charge in [0.05, 0.1) is 11.7 Å². The number of hydrogen-bond donors (Lipinski definition) is 1. The van der Waals surface area contributed by atoms with Gasteiger partial charge >= 0.3 is 0 Å². The lowest BCUT2D eigenvalue weighted by Crippen LogP contribution is -2.22. The number of halogens is 2. The van der Waals surface area contributed by atoms with E-state index in [2.05, 4.69) is 31.6 Å². The van der Waals surface area contributed by atoms with Crippen LogP contribution in [0.5, 0.6) is 0 Å². The van der Waals surface area contributed by atoms with Crippen LogP contribution in [0.15, 0.2) is 33.8 Å². The van der Waals surface area contributed by atoms with E-state index in [1.807, 2.05) is 38.4 Å². The van der Waals surface area contributed by atoms with Gasteiger partial charge in [-0.2, -0.15) is 0 Å². The van der Waals surface area contributed by atoms with Gasteiger partial charge in [-0.05, 0) is 47.2 Å². The maximum absolute atomic E-state index is 5.88. The van der Waals surface area contributed by atoms with Gasteiger partial charge in [0.15, 0.2) is 4.60 Å². The van der Waals surface area contributed by atoms with E-state index in [0.29, 0.717) is 0 Å². The Morgan fingerprint density at radius 3 is 2.63 bits per heavy atom. The van der Waals surface area contributed by atoms with E-state index < -0.39 is 0 Å². The maximum atomic E-state index is 5.88. The Labute approximate surface area is 130 Å². The predicted octanol–water partition coefficient (Wildman–Crippen LogP) is 3.28. The fourth-order valence-electron chi connectivity index (χ4n) is 1.72. The molecule has 0 aliphatic heterocycles. The molecule has 19 heavy (non-hydrogen) atoms. The summed E-state index contributed by atoms with van der Waals surface area (Å²) in [7, 11) is 3.83. The molecule has 0 aliphatic rings. The number of aromatic nitrogens is 3. The van der Waals surface area contributed by atoms with Crippen LogP contribution in [0.25, 0.3) is 0 Å². The average Bonchev–Trinajstić information content (AvgIpc) is 2.73. The number of aryl methyl sites for hydroxylation is 1. The molecule has 1 heterocycles. The largest absolute Gasteiger partial charge is 0.311 e. The molecule has 0 spiro atoms. The molecule has 0 fully saturated rings. The van der Waals surface area contributed by atoms with Crippen molar-refractivity contribution in [2.45, 2.75) is 10.9 Å². The summed E-state index contributed by atoms with van der Waals surface area (Å²) in [5.74, 6) is 0.887. The third-order valence-corrected chi connectivity index (χ3v) is 4.66. The molecule has 102 valence electrons. The van der Waals surface area contributed by atoms with E-state index in [-0.39, 0.29) is 6.04 Å². The Balaban J connectivity index is 2.06. The molecule has 0 aliphatic carbocycles. The highest BCUT2D eigenvalue weighted by Gasteiger charge is 2.18. The van der Waals surface area contributed by atoms with E-state index >= 15 is 0 Å². The first-order chi connectivity index (χ1) is 9.11. The van der Waals surface area contributed by atoms with E-state index in [1.165, 1.54) is 4.90 Å². The molecular weight excluding hydrogens is 348 g/mol. The zero-order valence-electron chi connectivity index (χ0n) is 10.6. The standard InChI is InChI=1S/C12H14BrClN4S/c1-15-10(11-12(13)16-17-18(11)2)7-19-9-5-3-8(14)4-6-9/h3-6,10,15H,7H2,1-2H3. The van der Waals surface area contributed by atoms with E-state index in [9.17, 15) is 0 Å². The molecule has 0 bridgehead atoms. The zero-order chi connectivity index (χ0) is 13.8. The summed E-state index contributed by atoms with van der Waals surface area (Å²) in [5.41, 5.74) is 1.05. The van der Waals surface area contributed by atoms with Crippen molar-refractivity contribution in [3.63, 3.8) is 0 Å². The van der Waals surface area contributed by atoms with Crippen LogP contribution >= 0.6 is 39.3 Å².